The first-order valence-corrected chi connectivity index (χ1v) is 7.68. The number of rotatable bonds is 4. The molecule has 1 aromatic heterocycles. The van der Waals surface area contributed by atoms with Gasteiger partial charge in [-0.1, -0.05) is 47.7 Å². The third-order valence-corrected chi connectivity index (χ3v) is 4.07. The Morgan fingerprint density at radius 3 is 2.73 bits per heavy atom. The average molecular weight is 315 g/mol. The Balaban J connectivity index is 1.55. The van der Waals surface area contributed by atoms with E-state index in [0.29, 0.717) is 16.4 Å². The SMILES string of the molecule is O=C(NCCc1ccccc1)Nc1nc2c(F)cccc2s1. The van der Waals surface area contributed by atoms with Crippen molar-refractivity contribution in [3.05, 3.63) is 59.9 Å². The summed E-state index contributed by atoms with van der Waals surface area (Å²) in [4.78, 5) is 15.9. The molecule has 4 nitrogen and oxygen atoms in total. The zero-order valence-corrected chi connectivity index (χ0v) is 12.5. The molecule has 0 saturated heterocycles. The minimum Gasteiger partial charge on any atom is -0.337 e. The van der Waals surface area contributed by atoms with Crippen molar-refractivity contribution >= 4 is 32.7 Å². The van der Waals surface area contributed by atoms with E-state index in [4.69, 9.17) is 0 Å². The summed E-state index contributed by atoms with van der Waals surface area (Å²) in [6.07, 6.45) is 0.753. The molecule has 6 heteroatoms. The summed E-state index contributed by atoms with van der Waals surface area (Å²) in [5, 5.41) is 5.78. The summed E-state index contributed by atoms with van der Waals surface area (Å²) in [5.41, 5.74) is 1.44. The number of halogens is 1. The number of carbonyl (C=O) groups excluding carboxylic acids is 1. The van der Waals surface area contributed by atoms with E-state index in [1.807, 2.05) is 30.3 Å². The molecule has 0 aliphatic rings. The predicted octanol–water partition coefficient (Wildman–Crippen LogP) is 3.80. The average Bonchev–Trinajstić information content (AvgIpc) is 2.92. The molecule has 0 spiro atoms. The third kappa shape index (κ3) is 3.40. The summed E-state index contributed by atoms with van der Waals surface area (Å²) in [5.74, 6) is -0.383. The highest BCUT2D eigenvalue weighted by Crippen LogP contribution is 2.27. The number of hydrogen-bond donors (Lipinski definition) is 2. The maximum Gasteiger partial charge on any atom is 0.321 e. The number of nitrogens with zero attached hydrogens (tertiary/aromatic N) is 1. The fraction of sp³-hybridized carbons (Fsp3) is 0.125. The fourth-order valence-electron chi connectivity index (χ4n) is 2.07. The molecular weight excluding hydrogens is 301 g/mol. The van der Waals surface area contributed by atoms with Crippen molar-refractivity contribution < 1.29 is 9.18 Å². The Kier molecular flexibility index (Phi) is 4.29. The quantitative estimate of drug-likeness (QED) is 0.769. The molecule has 0 saturated carbocycles. The molecule has 0 bridgehead atoms. The van der Waals surface area contributed by atoms with Gasteiger partial charge in [-0.05, 0) is 24.1 Å². The van der Waals surface area contributed by atoms with Crippen LogP contribution in [0.5, 0.6) is 0 Å². The summed E-state index contributed by atoms with van der Waals surface area (Å²) in [6, 6.07) is 14.3. The van der Waals surface area contributed by atoms with Gasteiger partial charge in [0, 0.05) is 6.54 Å². The Morgan fingerprint density at radius 2 is 1.95 bits per heavy atom. The predicted molar refractivity (Wildman–Crippen MR) is 86.7 cm³/mol. The Bertz CT molecular complexity index is 788. The molecule has 0 unspecified atom stereocenters. The van der Waals surface area contributed by atoms with E-state index in [2.05, 4.69) is 15.6 Å². The van der Waals surface area contributed by atoms with Crippen LogP contribution in [0.25, 0.3) is 10.2 Å². The molecular formula is C16H14FN3OS. The van der Waals surface area contributed by atoms with Gasteiger partial charge in [-0.15, -0.1) is 0 Å². The number of anilines is 1. The maximum absolute atomic E-state index is 13.5. The molecule has 0 fully saturated rings. The van der Waals surface area contributed by atoms with Crippen LogP contribution in [0.4, 0.5) is 14.3 Å². The Labute approximate surface area is 131 Å². The number of para-hydroxylation sites is 1. The van der Waals surface area contributed by atoms with Gasteiger partial charge in [-0.3, -0.25) is 5.32 Å². The smallest absolute Gasteiger partial charge is 0.321 e. The highest BCUT2D eigenvalue weighted by molar-refractivity contribution is 7.22. The molecule has 0 atom stereocenters. The van der Waals surface area contributed by atoms with Crippen LogP contribution >= 0.6 is 11.3 Å². The minimum atomic E-state index is -0.383. The molecule has 0 aliphatic heterocycles. The van der Waals surface area contributed by atoms with Crippen molar-refractivity contribution in [3.8, 4) is 0 Å². The van der Waals surface area contributed by atoms with Gasteiger partial charge in [-0.25, -0.2) is 14.2 Å². The van der Waals surface area contributed by atoms with Crippen LogP contribution in [0, 0.1) is 5.82 Å². The molecule has 0 radical (unpaired) electrons. The van der Waals surface area contributed by atoms with Gasteiger partial charge in [-0.2, -0.15) is 0 Å². The van der Waals surface area contributed by atoms with E-state index < -0.39 is 0 Å². The zero-order valence-electron chi connectivity index (χ0n) is 11.7. The van der Waals surface area contributed by atoms with E-state index in [-0.39, 0.29) is 17.4 Å². The highest BCUT2D eigenvalue weighted by Gasteiger charge is 2.10. The minimum absolute atomic E-state index is 0.284. The number of benzene rings is 2. The number of nitrogens with one attached hydrogen (secondary N) is 2. The largest absolute Gasteiger partial charge is 0.337 e. The van der Waals surface area contributed by atoms with Crippen LogP contribution in [0.15, 0.2) is 48.5 Å². The van der Waals surface area contributed by atoms with Crippen molar-refractivity contribution in [1.82, 2.24) is 10.3 Å². The number of hydrogen-bond acceptors (Lipinski definition) is 3. The van der Waals surface area contributed by atoms with Gasteiger partial charge in [0.15, 0.2) is 5.13 Å². The van der Waals surface area contributed by atoms with Crippen LogP contribution in [0.2, 0.25) is 0 Å². The van der Waals surface area contributed by atoms with Crippen LogP contribution in [0.3, 0.4) is 0 Å². The number of carbonyl (C=O) groups is 1. The van der Waals surface area contributed by atoms with Crippen molar-refractivity contribution in [1.29, 1.82) is 0 Å². The number of fused-ring (bicyclic) bond motifs is 1. The van der Waals surface area contributed by atoms with Crippen molar-refractivity contribution in [2.24, 2.45) is 0 Å². The molecule has 22 heavy (non-hydrogen) atoms. The van der Waals surface area contributed by atoms with Crippen LogP contribution in [0.1, 0.15) is 5.56 Å². The van der Waals surface area contributed by atoms with Gasteiger partial charge in [0.2, 0.25) is 0 Å². The highest BCUT2D eigenvalue weighted by atomic mass is 32.1. The van der Waals surface area contributed by atoms with E-state index >= 15 is 0 Å². The second-order valence-electron chi connectivity index (χ2n) is 4.72. The number of urea groups is 1. The van der Waals surface area contributed by atoms with Crippen molar-refractivity contribution in [3.63, 3.8) is 0 Å². The van der Waals surface area contributed by atoms with Gasteiger partial charge in [0.1, 0.15) is 11.3 Å². The topological polar surface area (TPSA) is 54.0 Å². The van der Waals surface area contributed by atoms with E-state index in [0.717, 1.165) is 12.0 Å². The normalized spacial score (nSPS) is 10.6. The summed E-state index contributed by atoms with van der Waals surface area (Å²) >= 11 is 1.25. The lowest BCUT2D eigenvalue weighted by Gasteiger charge is -2.05. The maximum atomic E-state index is 13.5. The van der Waals surface area contributed by atoms with Crippen molar-refractivity contribution in [2.45, 2.75) is 6.42 Å². The number of aromatic nitrogens is 1. The molecule has 2 amide bonds. The molecule has 2 aromatic carbocycles. The monoisotopic (exact) mass is 315 g/mol. The number of amides is 2. The molecule has 112 valence electrons. The van der Waals surface area contributed by atoms with Gasteiger partial charge in [0.05, 0.1) is 4.70 Å². The molecule has 3 rings (SSSR count). The van der Waals surface area contributed by atoms with Crippen LogP contribution < -0.4 is 10.6 Å². The number of thiazole rings is 1. The lowest BCUT2D eigenvalue weighted by Crippen LogP contribution is -2.30. The second-order valence-corrected chi connectivity index (χ2v) is 5.75. The summed E-state index contributed by atoms with van der Waals surface area (Å²) in [6.45, 7) is 0.523. The van der Waals surface area contributed by atoms with Crippen LogP contribution in [-0.2, 0) is 6.42 Å². The Hall–Kier alpha value is -2.47. The van der Waals surface area contributed by atoms with E-state index in [9.17, 15) is 9.18 Å². The van der Waals surface area contributed by atoms with Gasteiger partial charge in [0.25, 0.3) is 0 Å². The standard InChI is InChI=1S/C16H14FN3OS/c17-12-7-4-8-13-14(12)19-16(22-13)20-15(21)18-10-9-11-5-2-1-3-6-11/h1-8H,9-10H2,(H2,18,19,20,21). The van der Waals surface area contributed by atoms with Gasteiger partial charge < -0.3 is 5.32 Å². The first-order chi connectivity index (χ1) is 10.7. The lowest BCUT2D eigenvalue weighted by molar-refractivity contribution is 0.252. The van der Waals surface area contributed by atoms with E-state index in [1.54, 1.807) is 12.1 Å². The Morgan fingerprint density at radius 1 is 1.14 bits per heavy atom. The lowest BCUT2D eigenvalue weighted by atomic mass is 10.1. The second kappa shape index (κ2) is 6.53. The summed E-state index contributed by atoms with van der Waals surface area (Å²) < 4.78 is 14.3. The molecule has 0 aliphatic carbocycles. The van der Waals surface area contributed by atoms with E-state index in [1.165, 1.54) is 17.4 Å². The fourth-order valence-corrected chi connectivity index (χ4v) is 2.95. The molecule has 3 aromatic rings. The van der Waals surface area contributed by atoms with Crippen molar-refractivity contribution in [2.75, 3.05) is 11.9 Å². The third-order valence-electron chi connectivity index (χ3n) is 3.13. The molecule has 2 N–H and O–H groups in total. The molecule has 1 heterocycles. The zero-order chi connectivity index (χ0) is 15.4. The first kappa shape index (κ1) is 14.5. The van der Waals surface area contributed by atoms with Gasteiger partial charge >= 0.3 is 6.03 Å². The summed E-state index contributed by atoms with van der Waals surface area (Å²) in [7, 11) is 0. The first-order valence-electron chi connectivity index (χ1n) is 6.86. The van der Waals surface area contributed by atoms with Crippen LogP contribution in [-0.4, -0.2) is 17.6 Å².